The van der Waals surface area contributed by atoms with E-state index in [4.69, 9.17) is 5.21 Å². The molecule has 1 rings (SSSR count). The summed E-state index contributed by atoms with van der Waals surface area (Å²) in [6.45, 7) is 1.67. The third-order valence-electron chi connectivity index (χ3n) is 1.06. The predicted octanol–water partition coefficient (Wildman–Crippen LogP) is 0.626. The van der Waals surface area contributed by atoms with Crippen LogP contribution in [0.25, 0.3) is 0 Å². The topological polar surface area (TPSA) is 75.7 Å². The number of carbonyl (C=O) groups is 1. The summed E-state index contributed by atoms with van der Waals surface area (Å²) in [6, 6.07) is 1.46. The third kappa shape index (κ3) is 1.64. The second kappa shape index (κ2) is 2.96. The van der Waals surface area contributed by atoms with E-state index >= 15 is 0 Å². The lowest BCUT2D eigenvalue weighted by molar-refractivity contribution is 0.105. The number of ketones is 1. The van der Waals surface area contributed by atoms with E-state index in [1.165, 1.54) is 6.07 Å². The van der Waals surface area contributed by atoms with Crippen LogP contribution in [0.15, 0.2) is 15.7 Å². The Balaban J connectivity index is 2.85. The van der Waals surface area contributed by atoms with Crippen LogP contribution in [0.5, 0.6) is 0 Å². The van der Waals surface area contributed by atoms with Crippen molar-refractivity contribution in [2.45, 2.75) is 6.92 Å². The van der Waals surface area contributed by atoms with Crippen LogP contribution < -0.4 is 0 Å². The SMILES string of the molecule is Cc1cc(C(=O)C=NO)no1. The smallest absolute Gasteiger partial charge is 0.229 e. The second-order valence-electron chi connectivity index (χ2n) is 1.93. The standard InChI is InChI=1S/C6H6N2O3/c1-4-2-5(8-11-4)6(9)3-7-10/h2-3,10H,1H3. The summed E-state index contributed by atoms with van der Waals surface area (Å²) in [5.74, 6) is 0.0593. The Labute approximate surface area is 62.3 Å². The molecular weight excluding hydrogens is 148 g/mol. The van der Waals surface area contributed by atoms with E-state index in [0.717, 1.165) is 6.21 Å². The Morgan fingerprint density at radius 2 is 2.64 bits per heavy atom. The molecule has 0 aliphatic rings. The van der Waals surface area contributed by atoms with Gasteiger partial charge in [-0.1, -0.05) is 10.3 Å². The zero-order valence-electron chi connectivity index (χ0n) is 5.81. The molecule has 1 heterocycles. The van der Waals surface area contributed by atoms with Crippen molar-refractivity contribution in [2.75, 3.05) is 0 Å². The molecular formula is C6H6N2O3. The number of nitrogens with zero attached hydrogens (tertiary/aromatic N) is 2. The van der Waals surface area contributed by atoms with Crippen molar-refractivity contribution in [3.05, 3.63) is 17.5 Å². The van der Waals surface area contributed by atoms with Gasteiger partial charge in [0.05, 0.1) is 0 Å². The summed E-state index contributed by atoms with van der Waals surface area (Å²) in [5.41, 5.74) is 0.139. The number of aromatic nitrogens is 1. The maximum Gasteiger partial charge on any atom is 0.229 e. The number of Topliss-reactive ketones (excluding diaryl/α,β-unsaturated/α-hetero) is 1. The highest BCUT2D eigenvalue weighted by Gasteiger charge is 2.07. The molecule has 58 valence electrons. The first kappa shape index (κ1) is 7.46. The van der Waals surface area contributed by atoms with E-state index in [9.17, 15) is 4.79 Å². The lowest BCUT2D eigenvalue weighted by Gasteiger charge is -1.79. The van der Waals surface area contributed by atoms with Gasteiger partial charge in [-0.05, 0) is 6.92 Å². The van der Waals surface area contributed by atoms with Gasteiger partial charge in [0.15, 0.2) is 5.69 Å². The molecule has 1 N–H and O–H groups in total. The number of oxime groups is 1. The van der Waals surface area contributed by atoms with E-state index in [1.807, 2.05) is 0 Å². The molecule has 0 aromatic carbocycles. The van der Waals surface area contributed by atoms with Crippen molar-refractivity contribution in [3.63, 3.8) is 0 Å². The lowest BCUT2D eigenvalue weighted by atomic mass is 10.3. The molecule has 0 radical (unpaired) electrons. The summed E-state index contributed by atoms with van der Waals surface area (Å²) in [4.78, 5) is 10.8. The molecule has 0 saturated heterocycles. The zero-order valence-corrected chi connectivity index (χ0v) is 5.81. The van der Waals surface area contributed by atoms with Crippen LogP contribution >= 0.6 is 0 Å². The second-order valence-corrected chi connectivity index (χ2v) is 1.93. The Bertz CT molecular complexity index is 290. The molecule has 0 saturated carbocycles. The Kier molecular flexibility index (Phi) is 2.00. The van der Waals surface area contributed by atoms with Gasteiger partial charge in [-0.25, -0.2) is 0 Å². The first-order chi connectivity index (χ1) is 5.24. The van der Waals surface area contributed by atoms with Gasteiger partial charge in [-0.15, -0.1) is 0 Å². The molecule has 1 aromatic rings. The molecule has 0 amide bonds. The van der Waals surface area contributed by atoms with E-state index < -0.39 is 5.78 Å². The van der Waals surface area contributed by atoms with Crippen LogP contribution in [-0.4, -0.2) is 22.4 Å². The van der Waals surface area contributed by atoms with Gasteiger partial charge >= 0.3 is 0 Å². The monoisotopic (exact) mass is 154 g/mol. The minimum absolute atomic E-state index is 0.139. The van der Waals surface area contributed by atoms with Crippen LogP contribution in [-0.2, 0) is 0 Å². The van der Waals surface area contributed by atoms with Crippen molar-refractivity contribution < 1.29 is 14.5 Å². The molecule has 5 nitrogen and oxygen atoms in total. The largest absolute Gasteiger partial charge is 0.411 e. The van der Waals surface area contributed by atoms with Crippen molar-refractivity contribution in [3.8, 4) is 0 Å². The molecule has 0 fully saturated rings. The fraction of sp³-hybridized carbons (Fsp3) is 0.167. The molecule has 1 aromatic heterocycles. The van der Waals surface area contributed by atoms with Gasteiger partial charge in [0.2, 0.25) is 5.78 Å². The van der Waals surface area contributed by atoms with Crippen LogP contribution in [0.2, 0.25) is 0 Å². The third-order valence-corrected chi connectivity index (χ3v) is 1.06. The van der Waals surface area contributed by atoms with Crippen molar-refractivity contribution >= 4 is 12.0 Å². The number of aryl methyl sites for hydroxylation is 1. The quantitative estimate of drug-likeness (QED) is 0.293. The van der Waals surface area contributed by atoms with E-state index in [1.54, 1.807) is 6.92 Å². The Hall–Kier alpha value is -1.65. The first-order valence-corrected chi connectivity index (χ1v) is 2.89. The number of rotatable bonds is 2. The van der Waals surface area contributed by atoms with Gasteiger partial charge in [0.25, 0.3) is 0 Å². The molecule has 0 atom stereocenters. The lowest BCUT2D eigenvalue weighted by Crippen LogP contribution is -1.99. The fourth-order valence-corrected chi connectivity index (χ4v) is 0.601. The molecule has 0 aliphatic carbocycles. The molecule has 0 aliphatic heterocycles. The van der Waals surface area contributed by atoms with Crippen molar-refractivity contribution in [1.82, 2.24) is 5.16 Å². The molecule has 0 spiro atoms. The molecule has 0 bridgehead atoms. The van der Waals surface area contributed by atoms with Crippen LogP contribution in [0, 0.1) is 6.92 Å². The summed E-state index contributed by atoms with van der Waals surface area (Å²) in [5, 5.41) is 14.0. The summed E-state index contributed by atoms with van der Waals surface area (Å²) in [6.07, 6.45) is 0.761. The summed E-state index contributed by atoms with van der Waals surface area (Å²) in [7, 11) is 0. The predicted molar refractivity (Wildman–Crippen MR) is 35.8 cm³/mol. The van der Waals surface area contributed by atoms with E-state index in [-0.39, 0.29) is 5.69 Å². The first-order valence-electron chi connectivity index (χ1n) is 2.89. The normalized spacial score (nSPS) is 10.6. The van der Waals surface area contributed by atoms with Crippen LogP contribution in [0.1, 0.15) is 16.2 Å². The molecule has 5 heteroatoms. The fourth-order valence-electron chi connectivity index (χ4n) is 0.601. The molecule has 11 heavy (non-hydrogen) atoms. The summed E-state index contributed by atoms with van der Waals surface area (Å²) < 4.78 is 4.62. The van der Waals surface area contributed by atoms with Gasteiger partial charge in [-0.3, -0.25) is 4.79 Å². The maximum atomic E-state index is 10.8. The number of hydrogen-bond donors (Lipinski definition) is 1. The highest BCUT2D eigenvalue weighted by atomic mass is 16.5. The Morgan fingerprint density at radius 1 is 1.91 bits per heavy atom. The van der Waals surface area contributed by atoms with Crippen LogP contribution in [0.4, 0.5) is 0 Å². The van der Waals surface area contributed by atoms with Gasteiger partial charge in [-0.2, -0.15) is 0 Å². The van der Waals surface area contributed by atoms with E-state index in [2.05, 4.69) is 14.8 Å². The van der Waals surface area contributed by atoms with Gasteiger partial charge < -0.3 is 9.73 Å². The van der Waals surface area contributed by atoms with Crippen LogP contribution in [0.3, 0.4) is 0 Å². The molecule has 0 unspecified atom stereocenters. The maximum absolute atomic E-state index is 10.8. The number of carbonyl (C=O) groups excluding carboxylic acids is 1. The highest BCUT2D eigenvalue weighted by molar-refractivity contribution is 6.34. The number of hydrogen-bond acceptors (Lipinski definition) is 5. The van der Waals surface area contributed by atoms with Gasteiger partial charge in [0, 0.05) is 6.07 Å². The van der Waals surface area contributed by atoms with E-state index in [0.29, 0.717) is 5.76 Å². The average Bonchev–Trinajstić information content (AvgIpc) is 2.36. The minimum Gasteiger partial charge on any atom is -0.411 e. The Morgan fingerprint density at radius 3 is 3.09 bits per heavy atom. The van der Waals surface area contributed by atoms with Crippen molar-refractivity contribution in [1.29, 1.82) is 0 Å². The van der Waals surface area contributed by atoms with Gasteiger partial charge in [0.1, 0.15) is 12.0 Å². The average molecular weight is 154 g/mol. The van der Waals surface area contributed by atoms with Crippen molar-refractivity contribution in [2.24, 2.45) is 5.16 Å². The minimum atomic E-state index is -0.482. The summed E-state index contributed by atoms with van der Waals surface area (Å²) >= 11 is 0. The zero-order chi connectivity index (χ0) is 8.27. The highest BCUT2D eigenvalue weighted by Crippen LogP contribution is 2.00.